The Balaban J connectivity index is 1.32. The van der Waals surface area contributed by atoms with Crippen LogP contribution in [0.2, 0.25) is 0 Å². The molecular formula is C19H22N4OS. The summed E-state index contributed by atoms with van der Waals surface area (Å²) in [5, 5.41) is 7.21. The second-order valence-corrected chi connectivity index (χ2v) is 7.56. The number of hydrogen-bond acceptors (Lipinski definition) is 3. The first-order valence-electron chi connectivity index (χ1n) is 8.70. The number of thiazole rings is 1. The van der Waals surface area contributed by atoms with Crippen LogP contribution in [0.3, 0.4) is 0 Å². The number of carbonyl (C=O) groups excluding carboxylic acids is 1. The topological polar surface area (TPSA) is 61.0 Å². The van der Waals surface area contributed by atoms with Crippen LogP contribution in [0.25, 0.3) is 10.9 Å². The predicted octanol–water partition coefficient (Wildman–Crippen LogP) is 4.02. The number of fused-ring (bicyclic) bond motifs is 1. The van der Waals surface area contributed by atoms with Gasteiger partial charge in [-0.05, 0) is 37.3 Å². The highest BCUT2D eigenvalue weighted by Crippen LogP contribution is 2.29. The van der Waals surface area contributed by atoms with Crippen molar-refractivity contribution in [2.24, 2.45) is 0 Å². The maximum Gasteiger partial charge on any atom is 0.317 e. The first kappa shape index (κ1) is 16.1. The van der Waals surface area contributed by atoms with Gasteiger partial charge in [-0.2, -0.15) is 0 Å². The Kier molecular flexibility index (Phi) is 4.44. The number of aryl methyl sites for hydroxylation is 1. The molecule has 0 bridgehead atoms. The van der Waals surface area contributed by atoms with E-state index in [9.17, 15) is 4.79 Å². The molecule has 6 heteroatoms. The Bertz CT molecular complexity index is 843. The summed E-state index contributed by atoms with van der Waals surface area (Å²) in [6.07, 6.45) is 1.99. The van der Waals surface area contributed by atoms with Gasteiger partial charge in [0.25, 0.3) is 0 Å². The molecule has 1 aliphatic heterocycles. The molecule has 130 valence electrons. The summed E-state index contributed by atoms with van der Waals surface area (Å²) in [4.78, 5) is 22.2. The van der Waals surface area contributed by atoms with E-state index in [0.29, 0.717) is 12.5 Å². The highest BCUT2D eigenvalue weighted by Gasteiger charge is 2.24. The van der Waals surface area contributed by atoms with Crippen LogP contribution in [-0.2, 0) is 6.54 Å². The normalized spacial score (nSPS) is 15.6. The standard InChI is InChI=1S/C19H22N4OS/c1-13-12-25-18(21-13)11-20-19(24)23-8-6-14(7-9-23)17-10-15-4-2-3-5-16(15)22-17/h2-5,10,12,14,22H,6-9,11H2,1H3,(H,20,24). The summed E-state index contributed by atoms with van der Waals surface area (Å²) in [5.74, 6) is 0.498. The number of rotatable bonds is 3. The first-order valence-corrected chi connectivity index (χ1v) is 9.58. The number of nitrogens with one attached hydrogen (secondary N) is 2. The molecule has 5 nitrogen and oxygen atoms in total. The first-order chi connectivity index (χ1) is 12.2. The van der Waals surface area contributed by atoms with Crippen LogP contribution < -0.4 is 5.32 Å². The van der Waals surface area contributed by atoms with Gasteiger partial charge >= 0.3 is 6.03 Å². The van der Waals surface area contributed by atoms with Crippen LogP contribution in [-0.4, -0.2) is 34.0 Å². The molecule has 25 heavy (non-hydrogen) atoms. The van der Waals surface area contributed by atoms with Gasteiger partial charge in [-0.1, -0.05) is 18.2 Å². The smallest absolute Gasteiger partial charge is 0.317 e. The van der Waals surface area contributed by atoms with Gasteiger partial charge in [0.2, 0.25) is 0 Å². The van der Waals surface area contributed by atoms with E-state index >= 15 is 0 Å². The minimum absolute atomic E-state index is 0.0166. The summed E-state index contributed by atoms with van der Waals surface area (Å²) in [7, 11) is 0. The molecular weight excluding hydrogens is 332 g/mol. The molecule has 0 unspecified atom stereocenters. The zero-order valence-electron chi connectivity index (χ0n) is 14.3. The van der Waals surface area contributed by atoms with Crippen LogP contribution in [0, 0.1) is 6.92 Å². The quantitative estimate of drug-likeness (QED) is 0.746. The monoisotopic (exact) mass is 354 g/mol. The zero-order valence-corrected chi connectivity index (χ0v) is 15.1. The van der Waals surface area contributed by atoms with E-state index in [0.717, 1.165) is 36.6 Å². The summed E-state index contributed by atoms with van der Waals surface area (Å²) < 4.78 is 0. The van der Waals surface area contributed by atoms with E-state index in [1.54, 1.807) is 11.3 Å². The summed E-state index contributed by atoms with van der Waals surface area (Å²) >= 11 is 1.59. The fourth-order valence-electron chi connectivity index (χ4n) is 3.46. The second-order valence-electron chi connectivity index (χ2n) is 6.61. The number of urea groups is 1. The van der Waals surface area contributed by atoms with Crippen molar-refractivity contribution < 1.29 is 4.79 Å². The number of para-hydroxylation sites is 1. The number of aromatic amines is 1. The van der Waals surface area contributed by atoms with Gasteiger partial charge in [0.05, 0.1) is 6.54 Å². The molecule has 1 saturated heterocycles. The van der Waals surface area contributed by atoms with Crippen molar-refractivity contribution in [1.82, 2.24) is 20.2 Å². The van der Waals surface area contributed by atoms with Crippen molar-refractivity contribution in [3.63, 3.8) is 0 Å². The lowest BCUT2D eigenvalue weighted by molar-refractivity contribution is 0.180. The van der Waals surface area contributed by atoms with Gasteiger partial charge in [0, 0.05) is 41.3 Å². The number of aromatic nitrogens is 2. The van der Waals surface area contributed by atoms with E-state index in [2.05, 4.69) is 45.6 Å². The van der Waals surface area contributed by atoms with Crippen LogP contribution >= 0.6 is 11.3 Å². The van der Waals surface area contributed by atoms with Gasteiger partial charge in [0.15, 0.2) is 0 Å². The third kappa shape index (κ3) is 3.54. The molecule has 2 N–H and O–H groups in total. The fourth-order valence-corrected chi connectivity index (χ4v) is 4.17. The number of H-pyrrole nitrogens is 1. The summed E-state index contributed by atoms with van der Waals surface area (Å²) in [6, 6.07) is 10.6. The van der Waals surface area contributed by atoms with Crippen molar-refractivity contribution in [2.45, 2.75) is 32.2 Å². The molecule has 2 aromatic heterocycles. The number of amides is 2. The summed E-state index contributed by atoms with van der Waals surface area (Å²) in [5.41, 5.74) is 3.49. The predicted molar refractivity (Wildman–Crippen MR) is 101 cm³/mol. The van der Waals surface area contributed by atoms with Crippen LogP contribution in [0.1, 0.15) is 35.2 Å². The SMILES string of the molecule is Cc1csc(CNC(=O)N2CCC(c3cc4ccccc4[nH]3)CC2)n1. The number of nitrogens with zero attached hydrogens (tertiary/aromatic N) is 2. The van der Waals surface area contributed by atoms with Gasteiger partial charge in [-0.15, -0.1) is 11.3 Å². The Morgan fingerprint density at radius 1 is 1.36 bits per heavy atom. The molecule has 4 rings (SSSR count). The Labute approximate surface area is 151 Å². The van der Waals surface area contributed by atoms with Gasteiger partial charge in [-0.3, -0.25) is 0 Å². The lowest BCUT2D eigenvalue weighted by Gasteiger charge is -2.31. The third-order valence-corrected chi connectivity index (χ3v) is 5.80. The molecule has 1 fully saturated rings. The molecule has 3 heterocycles. The van der Waals surface area contributed by atoms with Crippen LogP contribution in [0.5, 0.6) is 0 Å². The average molecular weight is 354 g/mol. The highest BCUT2D eigenvalue weighted by molar-refractivity contribution is 7.09. The van der Waals surface area contributed by atoms with E-state index in [1.165, 1.54) is 16.6 Å². The molecule has 3 aromatic rings. The molecule has 0 atom stereocenters. The van der Waals surface area contributed by atoms with Crippen molar-refractivity contribution in [2.75, 3.05) is 13.1 Å². The Morgan fingerprint density at radius 2 is 2.16 bits per heavy atom. The van der Waals surface area contributed by atoms with Crippen molar-refractivity contribution >= 4 is 28.3 Å². The molecule has 2 amide bonds. The number of piperidine rings is 1. The number of benzene rings is 1. The highest BCUT2D eigenvalue weighted by atomic mass is 32.1. The third-order valence-electron chi connectivity index (χ3n) is 4.83. The second kappa shape index (κ2) is 6.88. The van der Waals surface area contributed by atoms with Crippen molar-refractivity contribution in [1.29, 1.82) is 0 Å². The van der Waals surface area contributed by atoms with Crippen molar-refractivity contribution in [3.05, 3.63) is 52.1 Å². The lowest BCUT2D eigenvalue weighted by atomic mass is 9.94. The van der Waals surface area contributed by atoms with Crippen LogP contribution in [0.15, 0.2) is 35.7 Å². The summed E-state index contributed by atoms with van der Waals surface area (Å²) in [6.45, 7) is 4.07. The van der Waals surface area contributed by atoms with E-state index in [1.807, 2.05) is 17.2 Å². The van der Waals surface area contributed by atoms with Gasteiger partial charge in [-0.25, -0.2) is 9.78 Å². The van der Waals surface area contributed by atoms with E-state index in [4.69, 9.17) is 0 Å². The van der Waals surface area contributed by atoms with Crippen LogP contribution in [0.4, 0.5) is 4.79 Å². The molecule has 1 aliphatic rings. The van der Waals surface area contributed by atoms with Gasteiger partial charge in [0.1, 0.15) is 5.01 Å². The largest absolute Gasteiger partial charge is 0.358 e. The fraction of sp³-hybridized carbons (Fsp3) is 0.368. The number of hydrogen-bond donors (Lipinski definition) is 2. The zero-order chi connectivity index (χ0) is 17.2. The average Bonchev–Trinajstić information content (AvgIpc) is 3.25. The maximum atomic E-state index is 12.3. The van der Waals surface area contributed by atoms with E-state index in [-0.39, 0.29) is 6.03 Å². The minimum Gasteiger partial charge on any atom is -0.358 e. The Hall–Kier alpha value is -2.34. The minimum atomic E-state index is 0.0166. The number of likely N-dealkylation sites (tertiary alicyclic amines) is 1. The lowest BCUT2D eigenvalue weighted by Crippen LogP contribution is -2.43. The Morgan fingerprint density at radius 3 is 2.88 bits per heavy atom. The van der Waals surface area contributed by atoms with E-state index < -0.39 is 0 Å². The molecule has 1 aromatic carbocycles. The maximum absolute atomic E-state index is 12.3. The van der Waals surface area contributed by atoms with Crippen molar-refractivity contribution in [3.8, 4) is 0 Å². The molecule has 0 spiro atoms. The number of carbonyl (C=O) groups is 1. The molecule has 0 aliphatic carbocycles. The van der Waals surface area contributed by atoms with Gasteiger partial charge < -0.3 is 15.2 Å². The molecule has 0 saturated carbocycles. The molecule has 0 radical (unpaired) electrons.